The number of carbonyl (C=O) groups is 1. The van der Waals surface area contributed by atoms with Crippen molar-refractivity contribution < 1.29 is 9.53 Å². The molecule has 0 radical (unpaired) electrons. The molecule has 4 heteroatoms. The molecule has 1 aromatic carbocycles. The van der Waals surface area contributed by atoms with E-state index in [1.807, 2.05) is 30.3 Å². The highest BCUT2D eigenvalue weighted by molar-refractivity contribution is 5.67. The maximum atomic E-state index is 12.1. The van der Waals surface area contributed by atoms with Crippen molar-refractivity contribution in [3.05, 3.63) is 35.9 Å². The minimum atomic E-state index is -0.306. The molecule has 2 atom stereocenters. The molecule has 1 heterocycles. The van der Waals surface area contributed by atoms with Crippen molar-refractivity contribution in [3.63, 3.8) is 0 Å². The van der Waals surface area contributed by atoms with Gasteiger partial charge in [0, 0.05) is 25.2 Å². The highest BCUT2D eigenvalue weighted by atomic mass is 16.5. The van der Waals surface area contributed by atoms with Crippen LogP contribution in [0.4, 0.5) is 4.79 Å². The molecule has 0 spiro atoms. The molecule has 2 unspecified atom stereocenters. The molecule has 1 amide bonds. The van der Waals surface area contributed by atoms with Gasteiger partial charge < -0.3 is 10.1 Å². The number of carbonyl (C=O) groups excluding carboxylic acids is 1. The molecule has 0 saturated carbocycles. The molecule has 128 valence electrons. The molecular weight excluding hydrogens is 288 g/mol. The molecule has 4 nitrogen and oxygen atoms in total. The van der Waals surface area contributed by atoms with Crippen LogP contribution in [-0.4, -0.2) is 36.2 Å². The second-order valence-corrected chi connectivity index (χ2v) is 6.84. The predicted octanol–water partition coefficient (Wildman–Crippen LogP) is 3.81. The number of hydrogen-bond donors (Lipinski definition) is 1. The van der Waals surface area contributed by atoms with E-state index in [0.717, 1.165) is 25.1 Å². The van der Waals surface area contributed by atoms with Gasteiger partial charge in [-0.3, -0.25) is 4.90 Å². The Labute approximate surface area is 140 Å². The van der Waals surface area contributed by atoms with E-state index in [4.69, 9.17) is 4.74 Å². The Morgan fingerprint density at radius 2 is 2.04 bits per heavy atom. The summed E-state index contributed by atoms with van der Waals surface area (Å²) in [5.74, 6) is 0.663. The number of nitrogens with zero attached hydrogens (tertiary/aromatic N) is 1. The zero-order valence-electron chi connectivity index (χ0n) is 14.6. The minimum Gasteiger partial charge on any atom is -0.445 e. The highest BCUT2D eigenvalue weighted by Crippen LogP contribution is 2.23. The minimum absolute atomic E-state index is 0.186. The average Bonchev–Trinajstić information content (AvgIpc) is 2.54. The van der Waals surface area contributed by atoms with Crippen molar-refractivity contribution in [3.8, 4) is 0 Å². The summed E-state index contributed by atoms with van der Waals surface area (Å²) >= 11 is 0. The summed E-state index contributed by atoms with van der Waals surface area (Å²) < 4.78 is 5.35. The van der Waals surface area contributed by atoms with Gasteiger partial charge in [-0.1, -0.05) is 43.7 Å². The van der Waals surface area contributed by atoms with E-state index >= 15 is 0 Å². The van der Waals surface area contributed by atoms with Gasteiger partial charge in [-0.2, -0.15) is 0 Å². The first-order valence-electron chi connectivity index (χ1n) is 8.79. The van der Waals surface area contributed by atoms with Crippen molar-refractivity contribution in [1.82, 2.24) is 10.2 Å². The van der Waals surface area contributed by atoms with Crippen molar-refractivity contribution in [2.75, 3.05) is 13.1 Å². The number of alkyl carbamates (subject to hydrolysis) is 1. The van der Waals surface area contributed by atoms with E-state index in [-0.39, 0.29) is 12.1 Å². The monoisotopic (exact) mass is 318 g/mol. The molecule has 23 heavy (non-hydrogen) atoms. The second kappa shape index (κ2) is 8.92. The molecule has 1 aromatic rings. The highest BCUT2D eigenvalue weighted by Gasteiger charge is 2.29. The van der Waals surface area contributed by atoms with E-state index in [2.05, 4.69) is 31.0 Å². The van der Waals surface area contributed by atoms with Crippen LogP contribution in [0.3, 0.4) is 0 Å². The molecule has 0 bridgehead atoms. The van der Waals surface area contributed by atoms with Crippen LogP contribution >= 0.6 is 0 Å². The largest absolute Gasteiger partial charge is 0.445 e. The molecular formula is C19H30N2O2. The first-order chi connectivity index (χ1) is 11.1. The lowest BCUT2D eigenvalue weighted by molar-refractivity contribution is 0.0928. The van der Waals surface area contributed by atoms with Gasteiger partial charge in [0.05, 0.1) is 0 Å². The van der Waals surface area contributed by atoms with Gasteiger partial charge in [0.1, 0.15) is 6.61 Å². The lowest BCUT2D eigenvalue weighted by Crippen LogP contribution is -2.52. The molecule has 1 saturated heterocycles. The van der Waals surface area contributed by atoms with E-state index < -0.39 is 0 Å². The van der Waals surface area contributed by atoms with Crippen LogP contribution in [0.2, 0.25) is 0 Å². The summed E-state index contributed by atoms with van der Waals surface area (Å²) in [6, 6.07) is 10.5. The number of nitrogens with one attached hydrogen (secondary N) is 1. The van der Waals surface area contributed by atoms with Gasteiger partial charge in [0.2, 0.25) is 0 Å². The fraction of sp³-hybridized carbons (Fsp3) is 0.632. The van der Waals surface area contributed by atoms with Crippen molar-refractivity contribution in [2.24, 2.45) is 5.92 Å². The fourth-order valence-electron chi connectivity index (χ4n) is 3.32. The standard InChI is InChI=1S/C19H30N2O2/c1-4-8-17-11-18(13-21(12-17)15(2)3)20-19(22)23-14-16-9-6-5-7-10-16/h5-7,9-10,15,17-18H,4,8,11-14H2,1-3H3,(H,20,22). The third-order valence-corrected chi connectivity index (χ3v) is 4.53. The Balaban J connectivity index is 1.83. The molecule has 1 fully saturated rings. The topological polar surface area (TPSA) is 41.6 Å². The molecule has 0 aromatic heterocycles. The van der Waals surface area contributed by atoms with Crippen LogP contribution in [0.25, 0.3) is 0 Å². The van der Waals surface area contributed by atoms with E-state index in [0.29, 0.717) is 18.6 Å². The van der Waals surface area contributed by atoms with Gasteiger partial charge in [0.25, 0.3) is 0 Å². The van der Waals surface area contributed by atoms with Crippen LogP contribution in [-0.2, 0) is 11.3 Å². The van der Waals surface area contributed by atoms with E-state index in [1.165, 1.54) is 12.8 Å². The normalized spacial score (nSPS) is 22.1. The van der Waals surface area contributed by atoms with Crippen LogP contribution in [0.1, 0.15) is 45.6 Å². The SMILES string of the molecule is CCCC1CC(NC(=O)OCc2ccccc2)CN(C(C)C)C1. The Bertz CT molecular complexity index is 476. The first-order valence-corrected chi connectivity index (χ1v) is 8.79. The summed E-state index contributed by atoms with van der Waals surface area (Å²) in [7, 11) is 0. The first kappa shape index (κ1) is 17.8. The third-order valence-electron chi connectivity index (χ3n) is 4.53. The summed E-state index contributed by atoms with van der Waals surface area (Å²) in [4.78, 5) is 14.5. The maximum Gasteiger partial charge on any atom is 0.407 e. The van der Waals surface area contributed by atoms with Crippen molar-refractivity contribution in [1.29, 1.82) is 0 Å². The number of ether oxygens (including phenoxy) is 1. The molecule has 2 rings (SSSR count). The van der Waals surface area contributed by atoms with Gasteiger partial charge in [0.15, 0.2) is 0 Å². The second-order valence-electron chi connectivity index (χ2n) is 6.84. The smallest absolute Gasteiger partial charge is 0.407 e. The van der Waals surface area contributed by atoms with E-state index in [1.54, 1.807) is 0 Å². The Kier molecular flexibility index (Phi) is 6.90. The fourth-order valence-corrected chi connectivity index (χ4v) is 3.32. The quantitative estimate of drug-likeness (QED) is 0.867. The zero-order valence-corrected chi connectivity index (χ0v) is 14.6. The summed E-state index contributed by atoms with van der Waals surface area (Å²) in [5.41, 5.74) is 1.01. The van der Waals surface area contributed by atoms with Crippen LogP contribution < -0.4 is 5.32 Å². The Hall–Kier alpha value is -1.55. The predicted molar refractivity (Wildman–Crippen MR) is 93.3 cm³/mol. The number of rotatable bonds is 6. The third kappa shape index (κ3) is 5.87. The summed E-state index contributed by atoms with van der Waals surface area (Å²) in [5, 5.41) is 3.06. The van der Waals surface area contributed by atoms with Gasteiger partial charge in [-0.15, -0.1) is 0 Å². The Morgan fingerprint density at radius 1 is 1.30 bits per heavy atom. The van der Waals surface area contributed by atoms with Crippen LogP contribution in [0.5, 0.6) is 0 Å². The number of benzene rings is 1. The zero-order chi connectivity index (χ0) is 16.7. The van der Waals surface area contributed by atoms with Crippen LogP contribution in [0, 0.1) is 5.92 Å². The van der Waals surface area contributed by atoms with E-state index in [9.17, 15) is 4.79 Å². The molecule has 0 aliphatic carbocycles. The molecule has 1 N–H and O–H groups in total. The summed E-state index contributed by atoms with van der Waals surface area (Å²) in [6.07, 6.45) is 3.17. The van der Waals surface area contributed by atoms with Crippen molar-refractivity contribution in [2.45, 2.75) is 58.7 Å². The van der Waals surface area contributed by atoms with Crippen LogP contribution in [0.15, 0.2) is 30.3 Å². The summed E-state index contributed by atoms with van der Waals surface area (Å²) in [6.45, 7) is 9.05. The molecule has 1 aliphatic rings. The van der Waals surface area contributed by atoms with Gasteiger partial charge in [-0.25, -0.2) is 4.79 Å². The number of piperidine rings is 1. The maximum absolute atomic E-state index is 12.1. The Morgan fingerprint density at radius 3 is 2.70 bits per heavy atom. The molecule has 1 aliphatic heterocycles. The van der Waals surface area contributed by atoms with Gasteiger partial charge in [-0.05, 0) is 38.2 Å². The lowest BCUT2D eigenvalue weighted by atomic mass is 9.90. The number of hydrogen-bond acceptors (Lipinski definition) is 3. The number of amides is 1. The average molecular weight is 318 g/mol. The van der Waals surface area contributed by atoms with Gasteiger partial charge >= 0.3 is 6.09 Å². The lowest BCUT2D eigenvalue weighted by Gasteiger charge is -2.40. The van der Waals surface area contributed by atoms with Crippen molar-refractivity contribution >= 4 is 6.09 Å². The number of likely N-dealkylation sites (tertiary alicyclic amines) is 1.